The Bertz CT molecular complexity index is 478. The van der Waals surface area contributed by atoms with Gasteiger partial charge in [-0.15, -0.1) is 0 Å². The Kier molecular flexibility index (Phi) is 3.89. The number of piperidine rings is 1. The van der Waals surface area contributed by atoms with Gasteiger partial charge >= 0.3 is 0 Å². The minimum atomic E-state index is 0.508. The van der Waals surface area contributed by atoms with Gasteiger partial charge < -0.3 is 19.3 Å². The van der Waals surface area contributed by atoms with Gasteiger partial charge in [0.25, 0.3) is 0 Å². The van der Waals surface area contributed by atoms with Gasteiger partial charge in [0.1, 0.15) is 0 Å². The van der Waals surface area contributed by atoms with Gasteiger partial charge in [0.2, 0.25) is 17.7 Å². The number of anilines is 1. The summed E-state index contributed by atoms with van der Waals surface area (Å²) in [5.74, 6) is 1.82. The lowest BCUT2D eigenvalue weighted by atomic mass is 9.78. The first-order valence-electron chi connectivity index (χ1n) is 7.55. The van der Waals surface area contributed by atoms with Gasteiger partial charge in [-0.2, -0.15) is 9.97 Å². The maximum absolute atomic E-state index is 5.23. The number of rotatable bonds is 3. The molecule has 0 amide bonds. The minimum Gasteiger partial charge on any atom is -0.481 e. The topological polar surface area (TPSA) is 50.7 Å². The lowest BCUT2D eigenvalue weighted by molar-refractivity contribution is 0.221. The van der Waals surface area contributed by atoms with Crippen LogP contribution in [0.25, 0.3) is 0 Å². The molecule has 1 spiro atoms. The predicted molar refractivity (Wildman–Crippen MR) is 81.1 cm³/mol. The Hall–Kier alpha value is -1.56. The van der Waals surface area contributed by atoms with Gasteiger partial charge in [-0.1, -0.05) is 0 Å². The average molecular weight is 292 g/mol. The van der Waals surface area contributed by atoms with E-state index in [2.05, 4.69) is 26.8 Å². The van der Waals surface area contributed by atoms with Crippen molar-refractivity contribution >= 4 is 5.95 Å². The van der Waals surface area contributed by atoms with E-state index < -0.39 is 0 Å². The smallest absolute Gasteiger partial charge is 0.231 e. The SMILES string of the molecule is COc1cc(OC)nc(N2CCC3(CCN(C)C3)CC2)n1. The van der Waals surface area contributed by atoms with Crippen LogP contribution >= 0.6 is 0 Å². The van der Waals surface area contributed by atoms with E-state index >= 15 is 0 Å². The van der Waals surface area contributed by atoms with Crippen molar-refractivity contribution in [1.82, 2.24) is 14.9 Å². The fourth-order valence-corrected chi connectivity index (χ4v) is 3.49. The standard InChI is InChI=1S/C15H24N4O2/c1-18-7-4-15(11-18)5-8-19(9-6-15)14-16-12(20-2)10-13(17-14)21-3/h10H,4-9,11H2,1-3H3. The summed E-state index contributed by atoms with van der Waals surface area (Å²) in [6, 6.07) is 1.71. The van der Waals surface area contributed by atoms with Crippen LogP contribution in [0, 0.1) is 5.41 Å². The van der Waals surface area contributed by atoms with Crippen LogP contribution in [-0.2, 0) is 0 Å². The first kappa shape index (κ1) is 14.4. The summed E-state index contributed by atoms with van der Waals surface area (Å²) >= 11 is 0. The second kappa shape index (κ2) is 5.67. The van der Waals surface area contributed by atoms with E-state index in [0.29, 0.717) is 23.1 Å². The van der Waals surface area contributed by atoms with Gasteiger partial charge in [0.15, 0.2) is 0 Å². The third-order valence-corrected chi connectivity index (χ3v) is 4.82. The second-order valence-electron chi connectivity index (χ2n) is 6.23. The molecule has 0 unspecified atom stereocenters. The van der Waals surface area contributed by atoms with Gasteiger partial charge in [0.05, 0.1) is 20.3 Å². The molecule has 6 heteroatoms. The van der Waals surface area contributed by atoms with Crippen LogP contribution in [0.2, 0.25) is 0 Å². The molecular weight excluding hydrogens is 268 g/mol. The third-order valence-electron chi connectivity index (χ3n) is 4.82. The first-order valence-corrected chi connectivity index (χ1v) is 7.55. The average Bonchev–Trinajstić information content (AvgIpc) is 2.88. The quantitative estimate of drug-likeness (QED) is 0.840. The van der Waals surface area contributed by atoms with Crippen molar-refractivity contribution in [3.8, 4) is 11.8 Å². The van der Waals surface area contributed by atoms with Crippen molar-refractivity contribution in [3.05, 3.63) is 6.07 Å². The van der Waals surface area contributed by atoms with E-state index in [0.717, 1.165) is 13.1 Å². The highest BCUT2D eigenvalue weighted by Gasteiger charge is 2.39. The Balaban J connectivity index is 1.72. The van der Waals surface area contributed by atoms with Crippen molar-refractivity contribution in [3.63, 3.8) is 0 Å². The van der Waals surface area contributed by atoms with E-state index in [-0.39, 0.29) is 0 Å². The molecule has 0 N–H and O–H groups in total. The number of nitrogens with zero attached hydrogens (tertiary/aromatic N) is 4. The molecular formula is C15H24N4O2. The van der Waals surface area contributed by atoms with Crippen LogP contribution in [0.3, 0.4) is 0 Å². The van der Waals surface area contributed by atoms with Crippen LogP contribution in [-0.4, -0.2) is 62.3 Å². The molecule has 116 valence electrons. The summed E-state index contributed by atoms with van der Waals surface area (Å²) in [6.07, 6.45) is 3.74. The number of hydrogen-bond donors (Lipinski definition) is 0. The summed E-state index contributed by atoms with van der Waals surface area (Å²) in [4.78, 5) is 13.6. The number of aromatic nitrogens is 2. The Morgan fingerprint density at radius 3 is 2.05 bits per heavy atom. The molecule has 2 aliphatic rings. The molecule has 3 heterocycles. The van der Waals surface area contributed by atoms with Crippen LogP contribution in [0.1, 0.15) is 19.3 Å². The van der Waals surface area contributed by atoms with Gasteiger partial charge in [-0.3, -0.25) is 0 Å². The maximum Gasteiger partial charge on any atom is 0.231 e. The molecule has 0 atom stereocenters. The number of methoxy groups -OCH3 is 2. The Labute approximate surface area is 126 Å². The van der Waals surface area contributed by atoms with E-state index in [9.17, 15) is 0 Å². The van der Waals surface area contributed by atoms with Crippen molar-refractivity contribution in [2.75, 3.05) is 52.3 Å². The van der Waals surface area contributed by atoms with Gasteiger partial charge in [-0.25, -0.2) is 0 Å². The van der Waals surface area contributed by atoms with Crippen LogP contribution in [0.5, 0.6) is 11.8 Å². The summed E-state index contributed by atoms with van der Waals surface area (Å²) in [7, 11) is 5.45. The molecule has 0 radical (unpaired) electrons. The highest BCUT2D eigenvalue weighted by Crippen LogP contribution is 2.40. The molecule has 6 nitrogen and oxygen atoms in total. The zero-order valence-corrected chi connectivity index (χ0v) is 13.1. The number of likely N-dealkylation sites (tertiary alicyclic amines) is 1. The molecule has 0 aliphatic carbocycles. The monoisotopic (exact) mass is 292 g/mol. The molecule has 2 aliphatic heterocycles. The molecule has 0 saturated carbocycles. The van der Waals surface area contributed by atoms with Crippen LogP contribution < -0.4 is 14.4 Å². The summed E-state index contributed by atoms with van der Waals surface area (Å²) in [5.41, 5.74) is 0.508. The highest BCUT2D eigenvalue weighted by molar-refractivity contribution is 5.37. The predicted octanol–water partition coefficient (Wildman–Crippen LogP) is 1.42. The first-order chi connectivity index (χ1) is 10.1. The lowest BCUT2D eigenvalue weighted by Gasteiger charge is -2.39. The number of ether oxygens (including phenoxy) is 2. The normalized spacial score (nSPS) is 21.8. The Morgan fingerprint density at radius 1 is 1.00 bits per heavy atom. The van der Waals surface area contributed by atoms with Crippen LogP contribution in [0.4, 0.5) is 5.95 Å². The fraction of sp³-hybridized carbons (Fsp3) is 0.733. The highest BCUT2D eigenvalue weighted by atomic mass is 16.5. The van der Waals surface area contributed by atoms with E-state index in [1.807, 2.05) is 0 Å². The molecule has 21 heavy (non-hydrogen) atoms. The molecule has 0 aromatic carbocycles. The van der Waals surface area contributed by atoms with Crippen molar-refractivity contribution in [2.45, 2.75) is 19.3 Å². The molecule has 2 saturated heterocycles. The number of hydrogen-bond acceptors (Lipinski definition) is 6. The van der Waals surface area contributed by atoms with Crippen molar-refractivity contribution in [1.29, 1.82) is 0 Å². The van der Waals surface area contributed by atoms with E-state index in [1.54, 1.807) is 20.3 Å². The van der Waals surface area contributed by atoms with Crippen LogP contribution in [0.15, 0.2) is 6.07 Å². The molecule has 3 rings (SSSR count). The fourth-order valence-electron chi connectivity index (χ4n) is 3.49. The summed E-state index contributed by atoms with van der Waals surface area (Å²) in [6.45, 7) is 4.46. The molecule has 2 fully saturated rings. The minimum absolute atomic E-state index is 0.508. The summed E-state index contributed by atoms with van der Waals surface area (Å²) in [5, 5.41) is 0. The Morgan fingerprint density at radius 2 is 1.57 bits per heavy atom. The second-order valence-corrected chi connectivity index (χ2v) is 6.23. The molecule has 1 aromatic heterocycles. The van der Waals surface area contributed by atoms with Crippen molar-refractivity contribution in [2.24, 2.45) is 5.41 Å². The third kappa shape index (κ3) is 2.90. The summed E-state index contributed by atoms with van der Waals surface area (Å²) < 4.78 is 10.5. The zero-order valence-electron chi connectivity index (χ0n) is 13.1. The van der Waals surface area contributed by atoms with Gasteiger partial charge in [-0.05, 0) is 38.3 Å². The zero-order chi connectivity index (χ0) is 14.9. The van der Waals surface area contributed by atoms with Gasteiger partial charge in [0, 0.05) is 19.6 Å². The lowest BCUT2D eigenvalue weighted by Crippen LogP contribution is -2.42. The molecule has 1 aromatic rings. The van der Waals surface area contributed by atoms with E-state index in [1.165, 1.54) is 32.4 Å². The largest absolute Gasteiger partial charge is 0.481 e. The van der Waals surface area contributed by atoms with Crippen molar-refractivity contribution < 1.29 is 9.47 Å². The molecule has 0 bridgehead atoms. The maximum atomic E-state index is 5.23. The van der Waals surface area contributed by atoms with E-state index in [4.69, 9.17) is 9.47 Å².